The van der Waals surface area contributed by atoms with Crippen LogP contribution >= 0.6 is 0 Å². The number of hydrogen-bond acceptors (Lipinski definition) is 5. The van der Waals surface area contributed by atoms with E-state index in [-0.39, 0.29) is 5.91 Å². The lowest BCUT2D eigenvalue weighted by Crippen LogP contribution is -2.50. The van der Waals surface area contributed by atoms with Crippen molar-refractivity contribution < 1.29 is 14.3 Å². The SMILES string of the molecule is COc1cc(CN2CCN(C(=O)CNCC3CC3)CC2)cc(OC)c1. The number of benzene rings is 1. The average molecular weight is 347 g/mol. The highest BCUT2D eigenvalue weighted by atomic mass is 16.5. The molecule has 0 atom stereocenters. The number of carbonyl (C=O) groups is 1. The summed E-state index contributed by atoms with van der Waals surface area (Å²) in [5.41, 5.74) is 1.17. The third kappa shape index (κ3) is 5.34. The summed E-state index contributed by atoms with van der Waals surface area (Å²) in [6.07, 6.45) is 2.63. The van der Waals surface area contributed by atoms with Crippen molar-refractivity contribution in [2.24, 2.45) is 5.92 Å². The van der Waals surface area contributed by atoms with E-state index in [0.717, 1.165) is 56.7 Å². The maximum Gasteiger partial charge on any atom is 0.236 e. The third-order valence-electron chi connectivity index (χ3n) is 4.95. The van der Waals surface area contributed by atoms with Crippen molar-refractivity contribution in [3.05, 3.63) is 23.8 Å². The fourth-order valence-electron chi connectivity index (χ4n) is 3.19. The van der Waals surface area contributed by atoms with E-state index >= 15 is 0 Å². The molecule has 1 saturated carbocycles. The molecule has 1 N–H and O–H groups in total. The Kier molecular flexibility index (Phi) is 6.15. The molecule has 1 saturated heterocycles. The van der Waals surface area contributed by atoms with Crippen LogP contribution in [0, 0.1) is 5.92 Å². The van der Waals surface area contributed by atoms with E-state index in [0.29, 0.717) is 6.54 Å². The van der Waals surface area contributed by atoms with Gasteiger partial charge in [0.05, 0.1) is 20.8 Å². The molecule has 1 aliphatic carbocycles. The first-order chi connectivity index (χ1) is 12.2. The maximum absolute atomic E-state index is 12.2. The molecule has 1 heterocycles. The number of nitrogens with zero attached hydrogens (tertiary/aromatic N) is 2. The van der Waals surface area contributed by atoms with Crippen molar-refractivity contribution in [3.63, 3.8) is 0 Å². The molecular formula is C19H29N3O3. The van der Waals surface area contributed by atoms with Gasteiger partial charge in [0, 0.05) is 38.8 Å². The lowest BCUT2D eigenvalue weighted by Gasteiger charge is -2.35. The molecule has 2 aliphatic rings. The highest BCUT2D eigenvalue weighted by molar-refractivity contribution is 5.78. The molecule has 0 aromatic heterocycles. The molecule has 1 aromatic rings. The first-order valence-electron chi connectivity index (χ1n) is 9.10. The van der Waals surface area contributed by atoms with Gasteiger partial charge in [0.2, 0.25) is 5.91 Å². The molecule has 6 nitrogen and oxygen atoms in total. The Balaban J connectivity index is 1.44. The molecule has 0 bridgehead atoms. The Bertz CT molecular complexity index is 559. The highest BCUT2D eigenvalue weighted by Crippen LogP contribution is 2.27. The maximum atomic E-state index is 12.2. The van der Waals surface area contributed by atoms with Crippen molar-refractivity contribution in [2.75, 3.05) is 53.5 Å². The molecule has 0 spiro atoms. The van der Waals surface area contributed by atoms with Gasteiger partial charge in [-0.15, -0.1) is 0 Å². The molecule has 6 heteroatoms. The molecule has 1 aliphatic heterocycles. The minimum absolute atomic E-state index is 0.225. The smallest absolute Gasteiger partial charge is 0.236 e. The van der Waals surface area contributed by atoms with Crippen LogP contribution < -0.4 is 14.8 Å². The molecule has 0 unspecified atom stereocenters. The van der Waals surface area contributed by atoms with Gasteiger partial charge in [0.15, 0.2) is 0 Å². The van der Waals surface area contributed by atoms with Gasteiger partial charge in [-0.3, -0.25) is 9.69 Å². The molecule has 1 amide bonds. The van der Waals surface area contributed by atoms with Gasteiger partial charge < -0.3 is 19.7 Å². The Morgan fingerprint density at radius 1 is 1.08 bits per heavy atom. The normalized spacial score (nSPS) is 18.2. The van der Waals surface area contributed by atoms with Crippen LogP contribution in [0.5, 0.6) is 11.5 Å². The predicted octanol–water partition coefficient (Wildman–Crippen LogP) is 1.35. The number of hydrogen-bond donors (Lipinski definition) is 1. The van der Waals surface area contributed by atoms with Crippen LogP contribution in [-0.2, 0) is 11.3 Å². The zero-order valence-corrected chi connectivity index (χ0v) is 15.3. The number of rotatable bonds is 8. The van der Waals surface area contributed by atoms with Crippen LogP contribution in [0.3, 0.4) is 0 Å². The molecule has 0 radical (unpaired) electrons. The lowest BCUT2D eigenvalue weighted by molar-refractivity contribution is -0.132. The summed E-state index contributed by atoms with van der Waals surface area (Å²) in [6.45, 7) is 5.69. The van der Waals surface area contributed by atoms with E-state index in [9.17, 15) is 4.79 Å². The monoisotopic (exact) mass is 347 g/mol. The summed E-state index contributed by atoms with van der Waals surface area (Å²) in [7, 11) is 3.33. The number of piperazine rings is 1. The van der Waals surface area contributed by atoms with Gasteiger partial charge in [-0.2, -0.15) is 0 Å². The predicted molar refractivity (Wildman–Crippen MR) is 97.0 cm³/mol. The lowest BCUT2D eigenvalue weighted by atomic mass is 10.1. The first kappa shape index (κ1) is 18.0. The van der Waals surface area contributed by atoms with E-state index in [2.05, 4.69) is 10.2 Å². The summed E-state index contributed by atoms with van der Waals surface area (Å²) >= 11 is 0. The Morgan fingerprint density at radius 2 is 1.72 bits per heavy atom. The zero-order valence-electron chi connectivity index (χ0n) is 15.3. The minimum atomic E-state index is 0.225. The fraction of sp³-hybridized carbons (Fsp3) is 0.632. The zero-order chi connectivity index (χ0) is 17.6. The van der Waals surface area contributed by atoms with Crippen LogP contribution in [0.25, 0.3) is 0 Å². The Labute approximate surface area is 150 Å². The van der Waals surface area contributed by atoms with Gasteiger partial charge in [-0.05, 0) is 43.0 Å². The number of nitrogens with one attached hydrogen (secondary N) is 1. The summed E-state index contributed by atoms with van der Waals surface area (Å²) in [6, 6.07) is 5.97. The van der Waals surface area contributed by atoms with Crippen LogP contribution in [0.2, 0.25) is 0 Å². The molecule has 25 heavy (non-hydrogen) atoms. The minimum Gasteiger partial charge on any atom is -0.497 e. The van der Waals surface area contributed by atoms with Gasteiger partial charge in [-0.25, -0.2) is 0 Å². The molecular weight excluding hydrogens is 318 g/mol. The van der Waals surface area contributed by atoms with E-state index in [1.165, 1.54) is 18.4 Å². The number of ether oxygens (including phenoxy) is 2. The Morgan fingerprint density at radius 3 is 2.28 bits per heavy atom. The summed E-state index contributed by atoms with van der Waals surface area (Å²) in [5.74, 6) is 2.66. The van der Waals surface area contributed by atoms with Crippen molar-refractivity contribution >= 4 is 5.91 Å². The second-order valence-electron chi connectivity index (χ2n) is 6.95. The summed E-state index contributed by atoms with van der Waals surface area (Å²) < 4.78 is 10.7. The second-order valence-corrected chi connectivity index (χ2v) is 6.95. The van der Waals surface area contributed by atoms with Crippen molar-refractivity contribution in [1.82, 2.24) is 15.1 Å². The van der Waals surface area contributed by atoms with Crippen molar-refractivity contribution in [1.29, 1.82) is 0 Å². The van der Waals surface area contributed by atoms with E-state index in [1.807, 2.05) is 23.1 Å². The summed E-state index contributed by atoms with van der Waals surface area (Å²) in [5, 5.41) is 3.29. The highest BCUT2D eigenvalue weighted by Gasteiger charge is 2.23. The van der Waals surface area contributed by atoms with Gasteiger partial charge in [0.25, 0.3) is 0 Å². The molecule has 3 rings (SSSR count). The number of carbonyl (C=O) groups excluding carboxylic acids is 1. The summed E-state index contributed by atoms with van der Waals surface area (Å²) in [4.78, 5) is 16.6. The van der Waals surface area contributed by atoms with Gasteiger partial charge in [0.1, 0.15) is 11.5 Å². The van der Waals surface area contributed by atoms with Crippen LogP contribution in [0.15, 0.2) is 18.2 Å². The Hall–Kier alpha value is -1.79. The van der Waals surface area contributed by atoms with E-state index < -0.39 is 0 Å². The van der Waals surface area contributed by atoms with Crippen molar-refractivity contribution in [2.45, 2.75) is 19.4 Å². The molecule has 138 valence electrons. The third-order valence-corrected chi connectivity index (χ3v) is 4.95. The number of amides is 1. The van der Waals surface area contributed by atoms with Gasteiger partial charge >= 0.3 is 0 Å². The topological polar surface area (TPSA) is 54.0 Å². The quantitative estimate of drug-likeness (QED) is 0.769. The standard InChI is InChI=1S/C19H29N3O3/c1-24-17-9-16(10-18(11-17)25-2)14-21-5-7-22(8-6-21)19(23)13-20-12-15-3-4-15/h9-11,15,20H,3-8,12-14H2,1-2H3. The fourth-order valence-corrected chi connectivity index (χ4v) is 3.19. The largest absolute Gasteiger partial charge is 0.497 e. The van der Waals surface area contributed by atoms with Crippen LogP contribution in [0.1, 0.15) is 18.4 Å². The van der Waals surface area contributed by atoms with Crippen LogP contribution in [0.4, 0.5) is 0 Å². The van der Waals surface area contributed by atoms with E-state index in [4.69, 9.17) is 9.47 Å². The molecule has 2 fully saturated rings. The van der Waals surface area contributed by atoms with Gasteiger partial charge in [-0.1, -0.05) is 0 Å². The van der Waals surface area contributed by atoms with E-state index in [1.54, 1.807) is 14.2 Å². The van der Waals surface area contributed by atoms with Crippen molar-refractivity contribution in [3.8, 4) is 11.5 Å². The number of methoxy groups -OCH3 is 2. The molecule has 1 aromatic carbocycles. The average Bonchev–Trinajstić information content (AvgIpc) is 3.46. The second kappa shape index (κ2) is 8.54. The van der Waals surface area contributed by atoms with Crippen LogP contribution in [-0.4, -0.2) is 69.2 Å². The first-order valence-corrected chi connectivity index (χ1v) is 9.10.